The number of carbonyl (C=O) groups excluding carboxylic acids is 3. The molecule has 0 spiro atoms. The second kappa shape index (κ2) is 12.6. The van der Waals surface area contributed by atoms with Gasteiger partial charge >= 0.3 is 0 Å². The molecule has 2 aromatic rings. The van der Waals surface area contributed by atoms with Crippen LogP contribution in [0.25, 0.3) is 6.08 Å². The maximum Gasteiger partial charge on any atom is 0.251 e. The lowest BCUT2D eigenvalue weighted by atomic mass is 10.1. The number of carbonyl (C=O) groups is 3. The summed E-state index contributed by atoms with van der Waals surface area (Å²) in [7, 11) is -3.88. The van der Waals surface area contributed by atoms with Gasteiger partial charge in [-0.3, -0.25) is 14.4 Å². The van der Waals surface area contributed by atoms with E-state index in [-0.39, 0.29) is 30.9 Å². The van der Waals surface area contributed by atoms with Gasteiger partial charge in [0.15, 0.2) is 0 Å². The van der Waals surface area contributed by atoms with Gasteiger partial charge in [-0.2, -0.15) is 4.72 Å². The molecule has 38 heavy (non-hydrogen) atoms. The van der Waals surface area contributed by atoms with Crippen LogP contribution >= 0.6 is 34.5 Å². The van der Waals surface area contributed by atoms with Crippen LogP contribution in [0, 0.1) is 0 Å². The summed E-state index contributed by atoms with van der Waals surface area (Å²) in [5.74, 6) is -0.925. The number of likely N-dealkylation sites (tertiary alicyclic amines) is 2. The zero-order valence-corrected chi connectivity index (χ0v) is 23.6. The van der Waals surface area contributed by atoms with Crippen LogP contribution in [0.5, 0.6) is 0 Å². The number of rotatable bonds is 9. The van der Waals surface area contributed by atoms with E-state index in [4.69, 9.17) is 23.2 Å². The molecular weight excluding hydrogens is 571 g/mol. The van der Waals surface area contributed by atoms with Crippen LogP contribution in [0.4, 0.5) is 0 Å². The Labute approximate surface area is 235 Å². The van der Waals surface area contributed by atoms with E-state index < -0.39 is 22.0 Å². The lowest BCUT2D eigenvalue weighted by Crippen LogP contribution is -2.55. The molecular formula is C25H28Cl2N4O5S2. The lowest BCUT2D eigenvalue weighted by Gasteiger charge is -2.34. The number of hydrogen-bond acceptors (Lipinski definition) is 6. The topological polar surface area (TPSA) is 116 Å². The maximum atomic E-state index is 13.1. The number of nitrogens with one attached hydrogen (secondary N) is 2. The third kappa shape index (κ3) is 7.57. The van der Waals surface area contributed by atoms with Crippen molar-refractivity contribution in [1.82, 2.24) is 19.8 Å². The summed E-state index contributed by atoms with van der Waals surface area (Å²) in [4.78, 5) is 42.4. The van der Waals surface area contributed by atoms with Gasteiger partial charge in [0.05, 0.1) is 10.9 Å². The minimum atomic E-state index is -3.88. The normalized spacial score (nSPS) is 20.3. The summed E-state index contributed by atoms with van der Waals surface area (Å²) < 4.78 is 28.1. The zero-order valence-electron chi connectivity index (χ0n) is 20.4. The predicted octanol–water partition coefficient (Wildman–Crippen LogP) is 3.36. The molecule has 204 valence electrons. The number of amides is 3. The van der Waals surface area contributed by atoms with E-state index in [2.05, 4.69) is 10.0 Å². The fourth-order valence-electron chi connectivity index (χ4n) is 4.59. The number of hydrogen-bond donors (Lipinski definition) is 2. The number of benzene rings is 1. The van der Waals surface area contributed by atoms with Crippen molar-refractivity contribution in [2.45, 2.75) is 37.8 Å². The molecule has 2 aliphatic heterocycles. The van der Waals surface area contributed by atoms with Crippen molar-refractivity contribution >= 4 is 68.4 Å². The SMILES string of the molecule is O=C(NC[C@@H]1CCCN1C(=O)CN1CCC[C@H](NS(=O)(=O)C=Cc2ccc(Cl)s2)C1=O)c1cccc(Cl)c1. The number of halogens is 2. The van der Waals surface area contributed by atoms with E-state index in [0.29, 0.717) is 45.7 Å². The highest BCUT2D eigenvalue weighted by Crippen LogP contribution is 2.23. The Morgan fingerprint density at radius 3 is 2.63 bits per heavy atom. The molecule has 3 heterocycles. The van der Waals surface area contributed by atoms with Gasteiger partial charge in [0.1, 0.15) is 6.04 Å². The Bertz CT molecular complexity index is 1330. The van der Waals surface area contributed by atoms with E-state index in [1.165, 1.54) is 22.3 Å². The summed E-state index contributed by atoms with van der Waals surface area (Å²) in [6.45, 7) is 1.05. The fourth-order valence-corrected chi connectivity index (χ4v) is 6.85. The molecule has 2 aliphatic rings. The van der Waals surface area contributed by atoms with Crippen molar-refractivity contribution in [2.24, 2.45) is 0 Å². The molecule has 0 bridgehead atoms. The Balaban J connectivity index is 1.31. The van der Waals surface area contributed by atoms with Crippen molar-refractivity contribution in [3.63, 3.8) is 0 Å². The molecule has 0 saturated carbocycles. The molecule has 1 aromatic heterocycles. The van der Waals surface area contributed by atoms with Crippen molar-refractivity contribution in [2.75, 3.05) is 26.2 Å². The van der Waals surface area contributed by atoms with Crippen LogP contribution in [0.15, 0.2) is 41.8 Å². The number of sulfonamides is 1. The zero-order chi connectivity index (χ0) is 27.3. The highest BCUT2D eigenvalue weighted by molar-refractivity contribution is 7.92. The molecule has 2 atom stereocenters. The molecule has 9 nitrogen and oxygen atoms in total. The van der Waals surface area contributed by atoms with E-state index in [1.54, 1.807) is 41.3 Å². The van der Waals surface area contributed by atoms with E-state index in [9.17, 15) is 22.8 Å². The van der Waals surface area contributed by atoms with Crippen LogP contribution in [0.3, 0.4) is 0 Å². The summed E-state index contributed by atoms with van der Waals surface area (Å²) in [5.41, 5.74) is 0.440. The summed E-state index contributed by atoms with van der Waals surface area (Å²) in [6, 6.07) is 8.87. The van der Waals surface area contributed by atoms with Crippen LogP contribution in [0.1, 0.15) is 40.9 Å². The quantitative estimate of drug-likeness (QED) is 0.459. The second-order valence-corrected chi connectivity index (χ2v) is 12.9. The number of thiophene rings is 1. The van der Waals surface area contributed by atoms with E-state index in [0.717, 1.165) is 18.2 Å². The molecule has 13 heteroatoms. The van der Waals surface area contributed by atoms with Crippen LogP contribution in [-0.2, 0) is 19.6 Å². The molecule has 2 fully saturated rings. The van der Waals surface area contributed by atoms with Gasteiger partial charge in [-0.25, -0.2) is 8.42 Å². The highest BCUT2D eigenvalue weighted by Gasteiger charge is 2.35. The van der Waals surface area contributed by atoms with Crippen molar-refractivity contribution in [1.29, 1.82) is 0 Å². The third-order valence-electron chi connectivity index (χ3n) is 6.45. The van der Waals surface area contributed by atoms with Gasteiger partial charge in [-0.1, -0.05) is 29.3 Å². The first-order valence-corrected chi connectivity index (χ1v) is 15.3. The van der Waals surface area contributed by atoms with Crippen molar-refractivity contribution in [3.8, 4) is 0 Å². The summed E-state index contributed by atoms with van der Waals surface area (Å²) >= 11 is 13.1. The number of piperidine rings is 1. The minimum Gasteiger partial charge on any atom is -0.350 e. The Hall–Kier alpha value is -2.44. The van der Waals surface area contributed by atoms with Gasteiger partial charge in [-0.15, -0.1) is 11.3 Å². The standard InChI is InChI=1S/C25H28Cl2N4O5S2/c26-18-5-1-4-17(14-18)24(33)28-15-19-6-2-12-31(19)23(32)16-30-11-3-7-21(25(30)34)29-38(35,36)13-10-20-8-9-22(27)37-20/h1,4-5,8-10,13-14,19,21,29H,2-3,6-7,11-12,15-16H2,(H,28,33)/t19-,21-/m0/s1. The molecule has 1 aromatic carbocycles. The largest absolute Gasteiger partial charge is 0.350 e. The van der Waals surface area contributed by atoms with Crippen LogP contribution < -0.4 is 10.0 Å². The van der Waals surface area contributed by atoms with Gasteiger partial charge in [0.25, 0.3) is 5.91 Å². The summed E-state index contributed by atoms with van der Waals surface area (Å²) in [6.07, 6.45) is 3.87. The third-order valence-corrected chi connectivity index (χ3v) is 8.99. The van der Waals surface area contributed by atoms with Crippen LogP contribution in [-0.4, -0.2) is 74.2 Å². The smallest absolute Gasteiger partial charge is 0.251 e. The minimum absolute atomic E-state index is 0.140. The highest BCUT2D eigenvalue weighted by atomic mass is 35.5. The fraction of sp³-hybridized carbons (Fsp3) is 0.400. The van der Waals surface area contributed by atoms with Crippen molar-refractivity contribution < 1.29 is 22.8 Å². The predicted molar refractivity (Wildman–Crippen MR) is 149 cm³/mol. The molecule has 0 radical (unpaired) electrons. The molecule has 0 unspecified atom stereocenters. The molecule has 2 N–H and O–H groups in total. The molecule has 2 saturated heterocycles. The monoisotopic (exact) mass is 598 g/mol. The molecule has 3 amide bonds. The first-order chi connectivity index (χ1) is 18.1. The number of nitrogens with zero attached hydrogens (tertiary/aromatic N) is 2. The molecule has 4 rings (SSSR count). The van der Waals surface area contributed by atoms with E-state index in [1.807, 2.05) is 0 Å². The first-order valence-electron chi connectivity index (χ1n) is 12.2. The second-order valence-electron chi connectivity index (χ2n) is 9.17. The maximum absolute atomic E-state index is 13.1. The van der Waals surface area contributed by atoms with Gasteiger partial charge < -0.3 is 15.1 Å². The van der Waals surface area contributed by atoms with E-state index >= 15 is 0 Å². The molecule has 0 aliphatic carbocycles. The van der Waals surface area contributed by atoms with Gasteiger partial charge in [0.2, 0.25) is 21.8 Å². The van der Waals surface area contributed by atoms with Crippen molar-refractivity contribution in [3.05, 3.63) is 61.6 Å². The average Bonchev–Trinajstić information content (AvgIpc) is 3.52. The van der Waals surface area contributed by atoms with Gasteiger partial charge in [0, 0.05) is 46.5 Å². The first kappa shape index (κ1) is 28.6. The van der Waals surface area contributed by atoms with Crippen LogP contribution in [0.2, 0.25) is 9.36 Å². The Morgan fingerprint density at radius 2 is 1.89 bits per heavy atom. The Kier molecular flexibility index (Phi) is 9.48. The lowest BCUT2D eigenvalue weighted by molar-refractivity contribution is -0.143. The van der Waals surface area contributed by atoms with Gasteiger partial charge in [-0.05, 0) is 62.1 Å². The Morgan fingerprint density at radius 1 is 1.11 bits per heavy atom. The summed E-state index contributed by atoms with van der Waals surface area (Å²) in [5, 5.41) is 4.34. The average molecular weight is 600 g/mol.